The predicted octanol–water partition coefficient (Wildman–Crippen LogP) is 2.49. The topological polar surface area (TPSA) is 20.3 Å². The maximum Gasteiger partial charge on any atom is 0.179 e. The average molecular weight is 221 g/mol. The van der Waals surface area contributed by atoms with Crippen molar-refractivity contribution in [3.63, 3.8) is 0 Å². The van der Waals surface area contributed by atoms with Crippen molar-refractivity contribution in [1.82, 2.24) is 4.90 Å². The summed E-state index contributed by atoms with van der Waals surface area (Å²) < 4.78 is 13.3. The Bertz CT molecular complexity index is 387. The lowest BCUT2D eigenvalue weighted by atomic mass is 9.91. The lowest BCUT2D eigenvalue weighted by Crippen LogP contribution is -2.40. The molecule has 0 saturated heterocycles. The minimum absolute atomic E-state index is 0.132. The third-order valence-electron chi connectivity index (χ3n) is 3.27. The van der Waals surface area contributed by atoms with Crippen LogP contribution in [0.4, 0.5) is 4.39 Å². The highest BCUT2D eigenvalue weighted by atomic mass is 19.1. The molecule has 0 aromatic heterocycles. The van der Waals surface area contributed by atoms with Crippen LogP contribution in [0.25, 0.3) is 0 Å². The Kier molecular flexibility index (Phi) is 3.34. The molecule has 0 amide bonds. The minimum atomic E-state index is -0.422. The van der Waals surface area contributed by atoms with Gasteiger partial charge in [-0.1, -0.05) is 18.6 Å². The number of rotatable bonds is 4. The van der Waals surface area contributed by atoms with E-state index < -0.39 is 5.82 Å². The van der Waals surface area contributed by atoms with Gasteiger partial charge in [-0.15, -0.1) is 0 Å². The number of hydrogen-bond donors (Lipinski definition) is 0. The number of hydrogen-bond acceptors (Lipinski definition) is 2. The molecule has 1 aliphatic rings. The molecule has 16 heavy (non-hydrogen) atoms. The molecule has 1 aliphatic carbocycles. The normalized spacial score (nSPS) is 16.2. The van der Waals surface area contributed by atoms with E-state index in [1.165, 1.54) is 12.5 Å². The van der Waals surface area contributed by atoms with E-state index in [2.05, 4.69) is 0 Å². The molecule has 2 nitrogen and oxygen atoms in total. The summed E-state index contributed by atoms with van der Waals surface area (Å²) in [7, 11) is 1.93. The molecule has 0 atom stereocenters. The molecule has 0 unspecified atom stereocenters. The Labute approximate surface area is 95.1 Å². The van der Waals surface area contributed by atoms with Crippen molar-refractivity contribution in [1.29, 1.82) is 0 Å². The fraction of sp³-hybridized carbons (Fsp3) is 0.462. The Morgan fingerprint density at radius 1 is 1.44 bits per heavy atom. The predicted molar refractivity (Wildman–Crippen MR) is 61.0 cm³/mol. The van der Waals surface area contributed by atoms with E-state index in [0.29, 0.717) is 12.6 Å². The van der Waals surface area contributed by atoms with Gasteiger partial charge in [0, 0.05) is 6.04 Å². The van der Waals surface area contributed by atoms with E-state index in [-0.39, 0.29) is 11.3 Å². The number of benzene rings is 1. The van der Waals surface area contributed by atoms with Crippen LogP contribution in [-0.2, 0) is 0 Å². The zero-order chi connectivity index (χ0) is 11.5. The van der Waals surface area contributed by atoms with E-state index in [4.69, 9.17) is 0 Å². The SMILES string of the molecule is CN(CC(=O)c1ccccc1F)C1CCC1. The lowest BCUT2D eigenvalue weighted by molar-refractivity contribution is 0.0866. The molecule has 86 valence electrons. The molecule has 1 aromatic rings. The first-order chi connectivity index (χ1) is 7.68. The highest BCUT2D eigenvalue weighted by molar-refractivity contribution is 5.97. The maximum absolute atomic E-state index is 13.3. The van der Waals surface area contributed by atoms with Crippen LogP contribution in [0.2, 0.25) is 0 Å². The first-order valence-electron chi connectivity index (χ1n) is 5.66. The Morgan fingerprint density at radius 3 is 2.69 bits per heavy atom. The van der Waals surface area contributed by atoms with Gasteiger partial charge in [0.15, 0.2) is 5.78 Å². The van der Waals surface area contributed by atoms with Crippen LogP contribution in [0, 0.1) is 5.82 Å². The molecule has 0 radical (unpaired) electrons. The van der Waals surface area contributed by atoms with Gasteiger partial charge in [0.1, 0.15) is 5.82 Å². The standard InChI is InChI=1S/C13H16FNO/c1-15(10-5-4-6-10)9-13(16)11-7-2-3-8-12(11)14/h2-3,7-8,10H,4-6,9H2,1H3. The van der Waals surface area contributed by atoms with Crippen LogP contribution in [0.3, 0.4) is 0 Å². The summed E-state index contributed by atoms with van der Waals surface area (Å²) in [5.74, 6) is -0.554. The number of carbonyl (C=O) groups excluding carboxylic acids is 1. The molecule has 0 heterocycles. The van der Waals surface area contributed by atoms with Gasteiger partial charge in [-0.05, 0) is 32.0 Å². The zero-order valence-corrected chi connectivity index (χ0v) is 9.45. The zero-order valence-electron chi connectivity index (χ0n) is 9.45. The van der Waals surface area contributed by atoms with Gasteiger partial charge in [-0.3, -0.25) is 9.69 Å². The molecule has 2 rings (SSSR count). The van der Waals surface area contributed by atoms with Crippen molar-refractivity contribution in [3.05, 3.63) is 35.6 Å². The number of halogens is 1. The number of carbonyl (C=O) groups is 1. The third kappa shape index (κ3) is 2.30. The van der Waals surface area contributed by atoms with Gasteiger partial charge < -0.3 is 0 Å². The quantitative estimate of drug-likeness (QED) is 0.728. The van der Waals surface area contributed by atoms with E-state index >= 15 is 0 Å². The molecule has 1 saturated carbocycles. The molecule has 0 aliphatic heterocycles. The monoisotopic (exact) mass is 221 g/mol. The molecular weight excluding hydrogens is 205 g/mol. The molecule has 3 heteroatoms. The molecule has 0 bridgehead atoms. The Hall–Kier alpha value is -1.22. The highest BCUT2D eigenvalue weighted by Crippen LogP contribution is 2.23. The fourth-order valence-electron chi connectivity index (χ4n) is 1.96. The largest absolute Gasteiger partial charge is 0.296 e. The third-order valence-corrected chi connectivity index (χ3v) is 3.27. The van der Waals surface area contributed by atoms with Crippen molar-refractivity contribution in [3.8, 4) is 0 Å². The Balaban J connectivity index is 2.00. The lowest BCUT2D eigenvalue weighted by Gasteiger charge is -2.34. The van der Waals surface area contributed by atoms with Gasteiger partial charge in [0.25, 0.3) is 0 Å². The minimum Gasteiger partial charge on any atom is -0.296 e. The molecule has 0 N–H and O–H groups in total. The highest BCUT2D eigenvalue weighted by Gasteiger charge is 2.24. The summed E-state index contributed by atoms with van der Waals surface area (Å²) in [5.41, 5.74) is 0.202. The van der Waals surface area contributed by atoms with Crippen molar-refractivity contribution < 1.29 is 9.18 Å². The van der Waals surface area contributed by atoms with E-state index in [1.807, 2.05) is 11.9 Å². The summed E-state index contributed by atoms with van der Waals surface area (Å²) in [6.45, 7) is 0.311. The summed E-state index contributed by atoms with van der Waals surface area (Å²) in [6, 6.07) is 6.68. The van der Waals surface area contributed by atoms with Crippen molar-refractivity contribution in [2.45, 2.75) is 25.3 Å². The van der Waals surface area contributed by atoms with Gasteiger partial charge in [0.2, 0.25) is 0 Å². The number of likely N-dealkylation sites (N-methyl/N-ethyl adjacent to an activating group) is 1. The molecule has 1 aromatic carbocycles. The summed E-state index contributed by atoms with van der Waals surface area (Å²) >= 11 is 0. The smallest absolute Gasteiger partial charge is 0.179 e. The van der Waals surface area contributed by atoms with E-state index in [1.54, 1.807) is 18.2 Å². The van der Waals surface area contributed by atoms with Crippen LogP contribution in [0.5, 0.6) is 0 Å². The summed E-state index contributed by atoms with van der Waals surface area (Å²) in [5, 5.41) is 0. The van der Waals surface area contributed by atoms with Gasteiger partial charge >= 0.3 is 0 Å². The van der Waals surface area contributed by atoms with Gasteiger partial charge in [-0.25, -0.2) is 4.39 Å². The van der Waals surface area contributed by atoms with Crippen LogP contribution in [0.1, 0.15) is 29.6 Å². The van der Waals surface area contributed by atoms with Crippen molar-refractivity contribution in [2.24, 2.45) is 0 Å². The number of Topliss-reactive ketones (excluding diaryl/α,β-unsaturated/α-hetero) is 1. The molecule has 1 fully saturated rings. The first-order valence-corrected chi connectivity index (χ1v) is 5.66. The summed E-state index contributed by atoms with van der Waals surface area (Å²) in [4.78, 5) is 13.9. The van der Waals surface area contributed by atoms with E-state index in [0.717, 1.165) is 12.8 Å². The van der Waals surface area contributed by atoms with Gasteiger partial charge in [0.05, 0.1) is 12.1 Å². The van der Waals surface area contributed by atoms with E-state index in [9.17, 15) is 9.18 Å². The molecule has 0 spiro atoms. The Morgan fingerprint density at radius 2 is 2.12 bits per heavy atom. The van der Waals surface area contributed by atoms with Crippen LogP contribution < -0.4 is 0 Å². The molecular formula is C13H16FNO. The summed E-state index contributed by atoms with van der Waals surface area (Å²) in [6.07, 6.45) is 3.55. The fourth-order valence-corrected chi connectivity index (χ4v) is 1.96. The van der Waals surface area contributed by atoms with Crippen LogP contribution in [-0.4, -0.2) is 30.3 Å². The maximum atomic E-state index is 13.3. The first kappa shape index (κ1) is 11.3. The van der Waals surface area contributed by atoms with Gasteiger partial charge in [-0.2, -0.15) is 0 Å². The van der Waals surface area contributed by atoms with Crippen LogP contribution in [0.15, 0.2) is 24.3 Å². The second kappa shape index (κ2) is 4.74. The van der Waals surface area contributed by atoms with Crippen LogP contribution >= 0.6 is 0 Å². The second-order valence-corrected chi connectivity index (χ2v) is 4.40. The van der Waals surface area contributed by atoms with Crippen molar-refractivity contribution in [2.75, 3.05) is 13.6 Å². The van der Waals surface area contributed by atoms with Crippen molar-refractivity contribution >= 4 is 5.78 Å². The number of ketones is 1. The number of nitrogens with zero attached hydrogens (tertiary/aromatic N) is 1. The average Bonchev–Trinajstić information content (AvgIpc) is 2.15. The second-order valence-electron chi connectivity index (χ2n) is 4.40.